The Balaban J connectivity index is 2.23. The second-order valence-electron chi connectivity index (χ2n) is 4.67. The van der Waals surface area contributed by atoms with Crippen LogP contribution in [0.2, 0.25) is 0 Å². The van der Waals surface area contributed by atoms with Gasteiger partial charge >= 0.3 is 0 Å². The first kappa shape index (κ1) is 10.9. The van der Waals surface area contributed by atoms with Crippen LogP contribution in [0.15, 0.2) is 24.3 Å². The first-order valence-electron chi connectivity index (χ1n) is 5.62. The summed E-state index contributed by atoms with van der Waals surface area (Å²) >= 11 is 0. The quantitative estimate of drug-likeness (QED) is 0.627. The van der Waals surface area contributed by atoms with Crippen molar-refractivity contribution in [3.05, 3.63) is 34.4 Å². The maximum absolute atomic E-state index is 10.9. The standard InChI is InChI=1S/C12H16N2O2/c1-12(8-4-5-9-12)13-10-6-2-3-7-11(10)14(15)16/h2-3,6-7,13H,4-5,8-9H2,1H3. The average molecular weight is 220 g/mol. The predicted molar refractivity (Wildman–Crippen MR) is 63.6 cm³/mol. The van der Waals surface area contributed by atoms with Crippen molar-refractivity contribution in [3.63, 3.8) is 0 Å². The number of benzene rings is 1. The van der Waals surface area contributed by atoms with Crippen LogP contribution in [-0.4, -0.2) is 10.5 Å². The van der Waals surface area contributed by atoms with Crippen molar-refractivity contribution in [1.82, 2.24) is 0 Å². The molecule has 0 amide bonds. The van der Waals surface area contributed by atoms with Gasteiger partial charge in [0.2, 0.25) is 0 Å². The van der Waals surface area contributed by atoms with Crippen LogP contribution in [0.25, 0.3) is 0 Å². The molecule has 0 unspecified atom stereocenters. The Hall–Kier alpha value is -1.58. The normalized spacial score (nSPS) is 18.3. The van der Waals surface area contributed by atoms with E-state index in [9.17, 15) is 10.1 Å². The summed E-state index contributed by atoms with van der Waals surface area (Å²) in [5, 5.41) is 14.2. The molecule has 0 atom stereocenters. The summed E-state index contributed by atoms with van der Waals surface area (Å²) in [6, 6.07) is 6.84. The van der Waals surface area contributed by atoms with Crippen LogP contribution in [0.3, 0.4) is 0 Å². The van der Waals surface area contributed by atoms with Gasteiger partial charge in [0.15, 0.2) is 0 Å². The number of hydrogen-bond acceptors (Lipinski definition) is 3. The van der Waals surface area contributed by atoms with E-state index in [4.69, 9.17) is 0 Å². The summed E-state index contributed by atoms with van der Waals surface area (Å²) in [5.74, 6) is 0. The number of rotatable bonds is 3. The molecule has 1 aromatic rings. The highest BCUT2D eigenvalue weighted by molar-refractivity contribution is 5.62. The van der Waals surface area contributed by atoms with Gasteiger partial charge in [0, 0.05) is 11.6 Å². The zero-order valence-corrected chi connectivity index (χ0v) is 9.40. The summed E-state index contributed by atoms with van der Waals surface area (Å²) in [5.41, 5.74) is 0.819. The van der Waals surface area contributed by atoms with Gasteiger partial charge < -0.3 is 5.32 Å². The molecule has 1 N–H and O–H groups in total. The van der Waals surface area contributed by atoms with Crippen LogP contribution in [0.1, 0.15) is 32.6 Å². The third-order valence-electron chi connectivity index (χ3n) is 3.24. The first-order valence-corrected chi connectivity index (χ1v) is 5.62. The minimum Gasteiger partial charge on any atom is -0.374 e. The molecule has 2 rings (SSSR count). The highest BCUT2D eigenvalue weighted by atomic mass is 16.6. The summed E-state index contributed by atoms with van der Waals surface area (Å²) < 4.78 is 0. The Bertz CT molecular complexity index is 398. The second-order valence-corrected chi connectivity index (χ2v) is 4.67. The van der Waals surface area contributed by atoms with E-state index >= 15 is 0 Å². The van der Waals surface area contributed by atoms with Crippen molar-refractivity contribution in [3.8, 4) is 0 Å². The Morgan fingerprint density at radius 2 is 1.94 bits per heavy atom. The molecule has 1 saturated carbocycles. The van der Waals surface area contributed by atoms with E-state index in [1.807, 2.05) is 6.07 Å². The third kappa shape index (κ3) is 2.15. The molecule has 1 aliphatic carbocycles. The number of hydrogen-bond donors (Lipinski definition) is 1. The van der Waals surface area contributed by atoms with E-state index in [1.165, 1.54) is 12.8 Å². The summed E-state index contributed by atoms with van der Waals surface area (Å²) in [6.07, 6.45) is 4.56. The van der Waals surface area contributed by atoms with Gasteiger partial charge in [-0.2, -0.15) is 0 Å². The lowest BCUT2D eigenvalue weighted by Crippen LogP contribution is -2.31. The summed E-state index contributed by atoms with van der Waals surface area (Å²) in [7, 11) is 0. The van der Waals surface area contributed by atoms with E-state index in [-0.39, 0.29) is 16.1 Å². The molecule has 1 fully saturated rings. The lowest BCUT2D eigenvalue weighted by molar-refractivity contribution is -0.384. The number of nitro groups is 1. The number of nitrogens with zero attached hydrogens (tertiary/aromatic N) is 1. The Kier molecular flexibility index (Phi) is 2.81. The molecule has 4 nitrogen and oxygen atoms in total. The monoisotopic (exact) mass is 220 g/mol. The minimum atomic E-state index is -0.333. The number of para-hydroxylation sites is 2. The van der Waals surface area contributed by atoms with Crippen molar-refractivity contribution >= 4 is 11.4 Å². The highest BCUT2D eigenvalue weighted by Crippen LogP contribution is 2.35. The van der Waals surface area contributed by atoms with E-state index < -0.39 is 0 Å². The molecule has 0 aromatic heterocycles. The first-order chi connectivity index (χ1) is 7.61. The fourth-order valence-corrected chi connectivity index (χ4v) is 2.34. The molecule has 0 aliphatic heterocycles. The Labute approximate surface area is 94.8 Å². The van der Waals surface area contributed by atoms with Crippen molar-refractivity contribution in [2.45, 2.75) is 38.1 Å². The molecular formula is C12H16N2O2. The number of nitrogens with one attached hydrogen (secondary N) is 1. The maximum atomic E-state index is 10.9. The van der Waals surface area contributed by atoms with E-state index in [2.05, 4.69) is 12.2 Å². The molecule has 1 aromatic carbocycles. The zero-order valence-electron chi connectivity index (χ0n) is 9.40. The van der Waals surface area contributed by atoms with Crippen molar-refractivity contribution < 1.29 is 4.92 Å². The molecule has 0 bridgehead atoms. The van der Waals surface area contributed by atoms with Crippen LogP contribution >= 0.6 is 0 Å². The molecule has 1 aliphatic rings. The number of anilines is 1. The van der Waals surface area contributed by atoms with Gasteiger partial charge in [0.25, 0.3) is 5.69 Å². The van der Waals surface area contributed by atoms with E-state index in [0.717, 1.165) is 12.8 Å². The van der Waals surface area contributed by atoms with Gasteiger partial charge in [-0.25, -0.2) is 0 Å². The van der Waals surface area contributed by atoms with E-state index in [1.54, 1.807) is 18.2 Å². The average Bonchev–Trinajstić information content (AvgIpc) is 2.65. The molecule has 16 heavy (non-hydrogen) atoms. The van der Waals surface area contributed by atoms with Crippen LogP contribution < -0.4 is 5.32 Å². The van der Waals surface area contributed by atoms with Gasteiger partial charge in [0.05, 0.1) is 4.92 Å². The van der Waals surface area contributed by atoms with Crippen LogP contribution in [0.4, 0.5) is 11.4 Å². The van der Waals surface area contributed by atoms with Gasteiger partial charge in [-0.15, -0.1) is 0 Å². The fraction of sp³-hybridized carbons (Fsp3) is 0.500. The van der Waals surface area contributed by atoms with Gasteiger partial charge in [-0.1, -0.05) is 25.0 Å². The molecule has 86 valence electrons. The highest BCUT2D eigenvalue weighted by Gasteiger charge is 2.30. The predicted octanol–water partition coefficient (Wildman–Crippen LogP) is 3.34. The Morgan fingerprint density at radius 3 is 2.56 bits per heavy atom. The fourth-order valence-electron chi connectivity index (χ4n) is 2.34. The smallest absolute Gasteiger partial charge is 0.292 e. The summed E-state index contributed by atoms with van der Waals surface area (Å²) in [4.78, 5) is 10.5. The van der Waals surface area contributed by atoms with Gasteiger partial charge in [0.1, 0.15) is 5.69 Å². The lowest BCUT2D eigenvalue weighted by Gasteiger charge is -2.26. The van der Waals surface area contributed by atoms with Crippen LogP contribution in [-0.2, 0) is 0 Å². The molecule has 0 saturated heterocycles. The van der Waals surface area contributed by atoms with Crippen molar-refractivity contribution in [2.75, 3.05) is 5.32 Å². The van der Waals surface area contributed by atoms with Gasteiger partial charge in [-0.3, -0.25) is 10.1 Å². The lowest BCUT2D eigenvalue weighted by atomic mass is 10.00. The van der Waals surface area contributed by atoms with E-state index in [0.29, 0.717) is 5.69 Å². The zero-order chi connectivity index (χ0) is 11.6. The van der Waals surface area contributed by atoms with Crippen LogP contribution in [0.5, 0.6) is 0 Å². The molecule has 0 spiro atoms. The number of nitro benzene ring substituents is 1. The van der Waals surface area contributed by atoms with Crippen LogP contribution in [0, 0.1) is 10.1 Å². The molecule has 4 heteroatoms. The second kappa shape index (κ2) is 4.12. The maximum Gasteiger partial charge on any atom is 0.292 e. The van der Waals surface area contributed by atoms with Crippen molar-refractivity contribution in [1.29, 1.82) is 0 Å². The minimum absolute atomic E-state index is 0.0200. The topological polar surface area (TPSA) is 55.2 Å². The van der Waals surface area contributed by atoms with Gasteiger partial charge in [-0.05, 0) is 25.8 Å². The SMILES string of the molecule is CC1(Nc2ccccc2[N+](=O)[O-])CCCC1. The summed E-state index contributed by atoms with van der Waals surface area (Å²) in [6.45, 7) is 2.14. The molecule has 0 heterocycles. The molecule has 0 radical (unpaired) electrons. The molecular weight excluding hydrogens is 204 g/mol. The Morgan fingerprint density at radius 1 is 1.31 bits per heavy atom. The largest absolute Gasteiger partial charge is 0.374 e. The van der Waals surface area contributed by atoms with Crippen molar-refractivity contribution in [2.24, 2.45) is 0 Å². The third-order valence-corrected chi connectivity index (χ3v) is 3.24.